The molecular formula is C24H24ClF3N4O3. The number of para-hydroxylation sites is 1. The minimum atomic E-state index is -4.83. The van der Waals surface area contributed by atoms with Crippen LogP contribution in [0.1, 0.15) is 22.8 Å². The largest absolute Gasteiger partial charge is 0.480 e. The number of halogens is 4. The summed E-state index contributed by atoms with van der Waals surface area (Å²) in [6.07, 6.45) is -4.16. The van der Waals surface area contributed by atoms with Gasteiger partial charge in [0.25, 0.3) is 5.91 Å². The highest BCUT2D eigenvalue weighted by molar-refractivity contribution is 6.33. The van der Waals surface area contributed by atoms with Crippen molar-refractivity contribution in [1.82, 2.24) is 9.80 Å². The average molecular weight is 509 g/mol. The average Bonchev–Trinajstić information content (AvgIpc) is 2.83. The molecule has 0 spiro atoms. The summed E-state index contributed by atoms with van der Waals surface area (Å²) >= 11 is 6.13. The number of anilines is 1. The van der Waals surface area contributed by atoms with E-state index in [1.807, 2.05) is 0 Å². The van der Waals surface area contributed by atoms with Crippen LogP contribution < -0.4 is 5.32 Å². The van der Waals surface area contributed by atoms with Gasteiger partial charge in [-0.25, -0.2) is 0 Å². The van der Waals surface area contributed by atoms with E-state index in [9.17, 15) is 22.8 Å². The summed E-state index contributed by atoms with van der Waals surface area (Å²) in [6, 6.07) is 11.9. The summed E-state index contributed by atoms with van der Waals surface area (Å²) in [5, 5.41) is 19.7. The van der Waals surface area contributed by atoms with E-state index in [4.69, 9.17) is 22.1 Å². The Balaban J connectivity index is 1.78. The topological polar surface area (TPSA) is 96.7 Å². The van der Waals surface area contributed by atoms with Gasteiger partial charge in [-0.05, 0) is 42.8 Å². The first kappa shape index (κ1) is 26.2. The van der Waals surface area contributed by atoms with E-state index in [1.54, 1.807) is 41.0 Å². The van der Waals surface area contributed by atoms with Gasteiger partial charge in [-0.1, -0.05) is 35.9 Å². The minimum Gasteiger partial charge on any atom is -0.480 e. The van der Waals surface area contributed by atoms with Crippen LogP contribution in [-0.4, -0.2) is 70.9 Å². The van der Waals surface area contributed by atoms with Gasteiger partial charge in [0.05, 0.1) is 10.7 Å². The molecule has 1 unspecified atom stereocenters. The van der Waals surface area contributed by atoms with Gasteiger partial charge < -0.3 is 15.3 Å². The van der Waals surface area contributed by atoms with Gasteiger partial charge in [0.2, 0.25) is 0 Å². The molecule has 1 fully saturated rings. The minimum absolute atomic E-state index is 0.00398. The molecular weight excluding hydrogens is 485 g/mol. The lowest BCUT2D eigenvalue weighted by atomic mass is 10.1. The smallest absolute Gasteiger partial charge is 0.432 e. The fraction of sp³-hybridized carbons (Fsp3) is 0.292. The standard InChI is InChI=1S/C24H24ClF3N4O3/c1-15(23(34)35)31-10-12-32(13-11-31)22(33)17-8-6-16(7-9-17)20(14-21(29)24(26,27)28)30-19-5-3-2-4-18(19)25/h2-9,14-15,29-30H,10-13H2,1H3,(H,34,35)/b20-14-,29-21?. The van der Waals surface area contributed by atoms with Gasteiger partial charge in [0.15, 0.2) is 0 Å². The van der Waals surface area contributed by atoms with E-state index in [0.717, 1.165) is 0 Å². The molecule has 35 heavy (non-hydrogen) atoms. The Labute approximate surface area is 205 Å². The Morgan fingerprint density at radius 3 is 2.17 bits per heavy atom. The van der Waals surface area contributed by atoms with Crippen molar-refractivity contribution in [1.29, 1.82) is 5.41 Å². The molecule has 186 valence electrons. The Morgan fingerprint density at radius 2 is 1.63 bits per heavy atom. The van der Waals surface area contributed by atoms with Crippen LogP contribution in [0.3, 0.4) is 0 Å². The number of hydrogen-bond acceptors (Lipinski definition) is 5. The quantitative estimate of drug-likeness (QED) is 0.475. The number of benzene rings is 2. The maximum atomic E-state index is 13.0. The van der Waals surface area contributed by atoms with Crippen molar-refractivity contribution in [2.24, 2.45) is 0 Å². The second-order valence-electron chi connectivity index (χ2n) is 7.99. The molecule has 0 aliphatic carbocycles. The van der Waals surface area contributed by atoms with E-state index in [0.29, 0.717) is 54.1 Å². The monoisotopic (exact) mass is 508 g/mol. The predicted molar refractivity (Wildman–Crippen MR) is 128 cm³/mol. The maximum absolute atomic E-state index is 13.0. The van der Waals surface area contributed by atoms with Gasteiger partial charge in [-0.2, -0.15) is 13.2 Å². The Kier molecular flexibility index (Phi) is 8.18. The number of carboxylic acid groups (broad SMARTS) is 1. The van der Waals surface area contributed by atoms with Crippen LogP contribution in [0.5, 0.6) is 0 Å². The lowest BCUT2D eigenvalue weighted by molar-refractivity contribution is -0.143. The molecule has 1 amide bonds. The molecule has 0 saturated carbocycles. The summed E-state index contributed by atoms with van der Waals surface area (Å²) in [7, 11) is 0. The predicted octanol–water partition coefficient (Wildman–Crippen LogP) is 4.61. The maximum Gasteiger partial charge on any atom is 0.432 e. The van der Waals surface area contributed by atoms with Gasteiger partial charge in [-0.15, -0.1) is 0 Å². The van der Waals surface area contributed by atoms with Crippen LogP contribution in [0.15, 0.2) is 54.6 Å². The third-order valence-corrected chi connectivity index (χ3v) is 6.02. The van der Waals surface area contributed by atoms with Crippen molar-refractivity contribution >= 4 is 40.6 Å². The van der Waals surface area contributed by atoms with Gasteiger partial charge in [0, 0.05) is 37.4 Å². The van der Waals surface area contributed by atoms with Crippen LogP contribution in [0.2, 0.25) is 5.02 Å². The number of amides is 1. The van der Waals surface area contributed by atoms with Crippen molar-refractivity contribution in [2.45, 2.75) is 19.1 Å². The van der Waals surface area contributed by atoms with Crippen molar-refractivity contribution in [2.75, 3.05) is 31.5 Å². The molecule has 1 saturated heterocycles. The number of carboxylic acids is 1. The number of rotatable bonds is 7. The number of nitrogens with one attached hydrogen (secondary N) is 2. The van der Waals surface area contributed by atoms with E-state index in [-0.39, 0.29) is 11.6 Å². The molecule has 1 aliphatic heterocycles. The summed E-state index contributed by atoms with van der Waals surface area (Å²) in [4.78, 5) is 27.4. The summed E-state index contributed by atoms with van der Waals surface area (Å²) < 4.78 is 39.1. The van der Waals surface area contributed by atoms with Crippen molar-refractivity contribution in [3.8, 4) is 0 Å². The normalized spacial score (nSPS) is 16.0. The number of carbonyl (C=O) groups excluding carboxylic acids is 1. The highest BCUT2D eigenvalue weighted by Gasteiger charge is 2.33. The zero-order valence-corrected chi connectivity index (χ0v) is 19.5. The first-order valence-electron chi connectivity index (χ1n) is 10.7. The summed E-state index contributed by atoms with van der Waals surface area (Å²) in [5.74, 6) is -1.18. The highest BCUT2D eigenvalue weighted by Crippen LogP contribution is 2.27. The van der Waals surface area contributed by atoms with Crippen LogP contribution in [0.4, 0.5) is 18.9 Å². The van der Waals surface area contributed by atoms with E-state index in [2.05, 4.69) is 5.32 Å². The van der Waals surface area contributed by atoms with Crippen LogP contribution in [-0.2, 0) is 4.79 Å². The van der Waals surface area contributed by atoms with Gasteiger partial charge >= 0.3 is 12.1 Å². The number of nitrogens with zero attached hydrogens (tertiary/aromatic N) is 2. The van der Waals surface area contributed by atoms with Crippen LogP contribution in [0, 0.1) is 5.41 Å². The summed E-state index contributed by atoms with van der Waals surface area (Å²) in [6.45, 7) is 3.16. The fourth-order valence-corrected chi connectivity index (χ4v) is 3.75. The number of piperazine rings is 1. The first-order valence-corrected chi connectivity index (χ1v) is 11.1. The third kappa shape index (κ3) is 6.61. The van der Waals surface area contributed by atoms with Crippen LogP contribution in [0.25, 0.3) is 5.70 Å². The molecule has 3 N–H and O–H groups in total. The molecule has 7 nitrogen and oxygen atoms in total. The molecule has 0 aromatic heterocycles. The van der Waals surface area contributed by atoms with Gasteiger partial charge in [0.1, 0.15) is 11.8 Å². The van der Waals surface area contributed by atoms with E-state index in [1.165, 1.54) is 24.3 Å². The second kappa shape index (κ2) is 10.9. The number of alkyl halides is 3. The molecule has 11 heteroatoms. The second-order valence-corrected chi connectivity index (χ2v) is 8.40. The molecule has 3 rings (SSSR count). The molecule has 0 radical (unpaired) electrons. The highest BCUT2D eigenvalue weighted by atomic mass is 35.5. The zero-order chi connectivity index (χ0) is 25.8. The lowest BCUT2D eigenvalue weighted by Crippen LogP contribution is -2.53. The first-order chi connectivity index (χ1) is 16.5. The molecule has 0 bridgehead atoms. The van der Waals surface area contributed by atoms with Crippen LogP contribution >= 0.6 is 11.6 Å². The molecule has 1 heterocycles. The number of hydrogen-bond donors (Lipinski definition) is 3. The molecule has 2 aromatic carbocycles. The third-order valence-electron chi connectivity index (χ3n) is 5.69. The number of allylic oxidation sites excluding steroid dienone is 1. The van der Waals surface area contributed by atoms with E-state index < -0.39 is 23.9 Å². The Morgan fingerprint density at radius 1 is 1.06 bits per heavy atom. The Bertz CT molecular complexity index is 1130. The number of carbonyl (C=O) groups is 2. The Hall–Kier alpha value is -3.37. The van der Waals surface area contributed by atoms with Crippen molar-refractivity contribution < 1.29 is 27.9 Å². The van der Waals surface area contributed by atoms with Crippen molar-refractivity contribution in [3.63, 3.8) is 0 Å². The molecule has 1 aliphatic rings. The lowest BCUT2D eigenvalue weighted by Gasteiger charge is -2.36. The molecule has 2 aromatic rings. The molecule has 1 atom stereocenters. The summed E-state index contributed by atoms with van der Waals surface area (Å²) in [5.41, 5.74) is -0.507. The fourth-order valence-electron chi connectivity index (χ4n) is 3.57. The zero-order valence-electron chi connectivity index (χ0n) is 18.8. The van der Waals surface area contributed by atoms with E-state index >= 15 is 0 Å². The van der Waals surface area contributed by atoms with Crippen molar-refractivity contribution in [3.05, 3.63) is 70.8 Å². The van der Waals surface area contributed by atoms with Gasteiger partial charge in [-0.3, -0.25) is 19.9 Å². The SMILES string of the molecule is CC(C(=O)O)N1CCN(C(=O)c2ccc(/C(=C/C(=N)C(F)(F)F)Nc3ccccc3Cl)cc2)CC1. The number of aliphatic carboxylic acids is 1.